The minimum Gasteiger partial charge on any atom is -0.497 e. The van der Waals surface area contributed by atoms with Gasteiger partial charge in [-0.3, -0.25) is 0 Å². The first-order valence-corrected chi connectivity index (χ1v) is 9.26. The third-order valence-electron chi connectivity index (χ3n) is 4.20. The average molecular weight is 397 g/mol. The molecule has 146 valence electrons. The Balaban J connectivity index is 1.62. The Labute approximate surface area is 160 Å². The fourth-order valence-corrected chi connectivity index (χ4v) is 3.46. The number of halogens is 2. The number of benzene rings is 1. The molecule has 0 radical (unpaired) electrons. The zero-order valence-corrected chi connectivity index (χ0v) is 15.7. The standard InChI is InChI=1S/C17H21F2N5O2S/c1-25-13-3-2-12(14(10-13)26-15(18)19)11-22-16(20)23-5-7-24(8-6-23)17-21-4-9-27-17/h2-4,9-10,15H,5-8,11H2,1H3,(H2,20,22). The van der Waals surface area contributed by atoms with Crippen LogP contribution in [0, 0.1) is 0 Å². The number of methoxy groups -OCH3 is 1. The van der Waals surface area contributed by atoms with Crippen molar-refractivity contribution in [3.05, 3.63) is 35.3 Å². The molecule has 0 aliphatic carbocycles. The highest BCUT2D eigenvalue weighted by Gasteiger charge is 2.20. The fourth-order valence-electron chi connectivity index (χ4n) is 2.76. The van der Waals surface area contributed by atoms with Gasteiger partial charge < -0.3 is 25.0 Å². The lowest BCUT2D eigenvalue weighted by Gasteiger charge is -2.35. The van der Waals surface area contributed by atoms with E-state index in [1.165, 1.54) is 13.2 Å². The van der Waals surface area contributed by atoms with E-state index in [-0.39, 0.29) is 12.3 Å². The number of rotatable bonds is 6. The van der Waals surface area contributed by atoms with Gasteiger partial charge in [0.2, 0.25) is 0 Å². The maximum absolute atomic E-state index is 12.6. The Morgan fingerprint density at radius 1 is 1.33 bits per heavy atom. The predicted molar refractivity (Wildman–Crippen MR) is 101 cm³/mol. The maximum Gasteiger partial charge on any atom is 0.387 e. The Morgan fingerprint density at radius 2 is 2.11 bits per heavy atom. The second-order valence-corrected chi connectivity index (χ2v) is 6.69. The number of hydrogen-bond donors (Lipinski definition) is 1. The van der Waals surface area contributed by atoms with Crippen molar-refractivity contribution in [1.82, 2.24) is 9.88 Å². The van der Waals surface area contributed by atoms with Crippen LogP contribution in [-0.4, -0.2) is 55.7 Å². The highest BCUT2D eigenvalue weighted by Crippen LogP contribution is 2.27. The van der Waals surface area contributed by atoms with Crippen LogP contribution < -0.4 is 20.1 Å². The molecule has 7 nitrogen and oxygen atoms in total. The quantitative estimate of drug-likeness (QED) is 0.596. The van der Waals surface area contributed by atoms with Crippen molar-refractivity contribution in [3.8, 4) is 11.5 Å². The molecule has 10 heteroatoms. The number of anilines is 1. The van der Waals surface area contributed by atoms with Gasteiger partial charge >= 0.3 is 6.61 Å². The number of aliphatic imine (C=N–C) groups is 1. The van der Waals surface area contributed by atoms with E-state index < -0.39 is 6.61 Å². The molecule has 0 atom stereocenters. The molecule has 0 bridgehead atoms. The van der Waals surface area contributed by atoms with E-state index in [0.717, 1.165) is 31.3 Å². The highest BCUT2D eigenvalue weighted by atomic mass is 32.1. The topological polar surface area (TPSA) is 76.2 Å². The molecule has 1 aromatic heterocycles. The number of thiazole rings is 1. The summed E-state index contributed by atoms with van der Waals surface area (Å²) in [5.74, 6) is 0.853. The molecule has 0 unspecified atom stereocenters. The van der Waals surface area contributed by atoms with Crippen molar-refractivity contribution in [2.24, 2.45) is 10.7 Å². The number of ether oxygens (including phenoxy) is 2. The van der Waals surface area contributed by atoms with Gasteiger partial charge in [0.05, 0.1) is 13.7 Å². The van der Waals surface area contributed by atoms with Crippen LogP contribution >= 0.6 is 11.3 Å². The summed E-state index contributed by atoms with van der Waals surface area (Å²) in [7, 11) is 1.46. The molecule has 0 saturated carbocycles. The summed E-state index contributed by atoms with van der Waals surface area (Å²) in [5, 5.41) is 2.95. The summed E-state index contributed by atoms with van der Waals surface area (Å²) in [6, 6.07) is 4.74. The smallest absolute Gasteiger partial charge is 0.387 e. The molecule has 2 heterocycles. The molecule has 0 spiro atoms. The van der Waals surface area contributed by atoms with Gasteiger partial charge in [-0.15, -0.1) is 11.3 Å². The van der Waals surface area contributed by atoms with E-state index in [1.54, 1.807) is 29.7 Å². The fraction of sp³-hybridized carbons (Fsp3) is 0.412. The van der Waals surface area contributed by atoms with Gasteiger partial charge in [0.1, 0.15) is 11.5 Å². The lowest BCUT2D eigenvalue weighted by molar-refractivity contribution is -0.0505. The summed E-state index contributed by atoms with van der Waals surface area (Å²) in [4.78, 5) is 12.8. The van der Waals surface area contributed by atoms with Gasteiger partial charge in [-0.25, -0.2) is 9.98 Å². The molecule has 3 rings (SSSR count). The molecule has 2 aromatic rings. The van der Waals surface area contributed by atoms with E-state index in [0.29, 0.717) is 17.3 Å². The zero-order chi connectivity index (χ0) is 19.2. The van der Waals surface area contributed by atoms with Crippen LogP contribution in [0.1, 0.15) is 5.56 Å². The molecule has 1 aromatic carbocycles. The molecule has 1 fully saturated rings. The summed E-state index contributed by atoms with van der Waals surface area (Å²) in [6.07, 6.45) is 1.79. The average Bonchev–Trinajstić information content (AvgIpc) is 3.21. The molecular formula is C17H21F2N5O2S. The van der Waals surface area contributed by atoms with Crippen molar-refractivity contribution in [2.45, 2.75) is 13.2 Å². The first-order chi connectivity index (χ1) is 13.1. The Morgan fingerprint density at radius 3 is 2.74 bits per heavy atom. The minimum atomic E-state index is -2.92. The van der Waals surface area contributed by atoms with Crippen LogP contribution in [0.4, 0.5) is 13.9 Å². The largest absolute Gasteiger partial charge is 0.497 e. The summed E-state index contributed by atoms with van der Waals surface area (Å²) >= 11 is 1.61. The van der Waals surface area contributed by atoms with Gasteiger partial charge in [0.25, 0.3) is 0 Å². The van der Waals surface area contributed by atoms with E-state index in [1.807, 2.05) is 10.3 Å². The van der Waals surface area contributed by atoms with Crippen molar-refractivity contribution in [2.75, 3.05) is 38.2 Å². The van der Waals surface area contributed by atoms with Gasteiger partial charge in [0.15, 0.2) is 11.1 Å². The molecule has 1 aliphatic heterocycles. The second kappa shape index (κ2) is 8.85. The predicted octanol–water partition coefficient (Wildman–Crippen LogP) is 2.39. The van der Waals surface area contributed by atoms with Crippen molar-refractivity contribution in [1.29, 1.82) is 0 Å². The molecule has 1 saturated heterocycles. The molecule has 27 heavy (non-hydrogen) atoms. The number of alkyl halides is 2. The van der Waals surface area contributed by atoms with E-state index >= 15 is 0 Å². The van der Waals surface area contributed by atoms with Gasteiger partial charge in [-0.05, 0) is 12.1 Å². The first-order valence-electron chi connectivity index (χ1n) is 8.38. The van der Waals surface area contributed by atoms with E-state index in [9.17, 15) is 8.78 Å². The van der Waals surface area contributed by atoms with Crippen molar-refractivity contribution >= 4 is 22.4 Å². The number of guanidine groups is 1. The Bertz CT molecular complexity index is 765. The van der Waals surface area contributed by atoms with Crippen molar-refractivity contribution in [3.63, 3.8) is 0 Å². The maximum atomic E-state index is 12.6. The van der Waals surface area contributed by atoms with Crippen LogP contribution in [0.25, 0.3) is 0 Å². The third kappa shape index (κ3) is 4.97. The Kier molecular flexibility index (Phi) is 6.28. The molecule has 1 aliphatic rings. The summed E-state index contributed by atoms with van der Waals surface area (Å²) in [6.45, 7) is 0.259. The number of nitrogens with two attached hydrogens (primary N) is 1. The zero-order valence-electron chi connectivity index (χ0n) is 14.8. The van der Waals surface area contributed by atoms with E-state index in [2.05, 4.69) is 19.6 Å². The third-order valence-corrected chi connectivity index (χ3v) is 5.03. The number of piperazine rings is 1. The monoisotopic (exact) mass is 397 g/mol. The van der Waals surface area contributed by atoms with Crippen LogP contribution in [0.3, 0.4) is 0 Å². The molecular weight excluding hydrogens is 376 g/mol. The number of nitrogens with zero attached hydrogens (tertiary/aromatic N) is 4. The van der Waals surface area contributed by atoms with Gasteiger partial charge in [-0.2, -0.15) is 8.78 Å². The lowest BCUT2D eigenvalue weighted by Crippen LogP contribution is -2.51. The molecule has 2 N–H and O–H groups in total. The van der Waals surface area contributed by atoms with Crippen LogP contribution in [0.2, 0.25) is 0 Å². The molecule has 0 amide bonds. The normalized spacial score (nSPS) is 15.3. The van der Waals surface area contributed by atoms with Crippen LogP contribution in [0.5, 0.6) is 11.5 Å². The second-order valence-electron chi connectivity index (χ2n) is 5.82. The number of aromatic nitrogens is 1. The van der Waals surface area contributed by atoms with Gasteiger partial charge in [0, 0.05) is 49.4 Å². The number of hydrogen-bond acceptors (Lipinski definition) is 6. The van der Waals surface area contributed by atoms with Crippen LogP contribution in [-0.2, 0) is 6.54 Å². The van der Waals surface area contributed by atoms with Crippen LogP contribution in [0.15, 0.2) is 34.8 Å². The highest BCUT2D eigenvalue weighted by molar-refractivity contribution is 7.13. The lowest BCUT2D eigenvalue weighted by atomic mass is 10.2. The minimum absolute atomic E-state index is 0.0366. The SMILES string of the molecule is COc1ccc(CN=C(N)N2CCN(c3nccs3)CC2)c(OC(F)F)c1. The summed E-state index contributed by atoms with van der Waals surface area (Å²) < 4.78 is 34.9. The summed E-state index contributed by atoms with van der Waals surface area (Å²) in [5.41, 5.74) is 6.61. The Hall–Kier alpha value is -2.62. The van der Waals surface area contributed by atoms with Crippen molar-refractivity contribution < 1.29 is 18.3 Å². The first kappa shape index (κ1) is 19.2. The van der Waals surface area contributed by atoms with E-state index in [4.69, 9.17) is 10.5 Å². The van der Waals surface area contributed by atoms with Gasteiger partial charge in [-0.1, -0.05) is 0 Å².